The van der Waals surface area contributed by atoms with Crippen molar-refractivity contribution in [2.45, 2.75) is 6.42 Å². The summed E-state index contributed by atoms with van der Waals surface area (Å²) in [4.78, 5) is 5.15. The summed E-state index contributed by atoms with van der Waals surface area (Å²) in [5.74, 6) is 0.629. The van der Waals surface area contributed by atoms with Crippen molar-refractivity contribution in [2.24, 2.45) is 5.92 Å². The molecule has 0 fully saturated rings. The molecule has 0 radical (unpaired) electrons. The maximum absolute atomic E-state index is 5.15. The number of para-hydroxylation sites is 1. The number of rotatable bonds is 3. The van der Waals surface area contributed by atoms with Gasteiger partial charge in [0.25, 0.3) is 0 Å². The van der Waals surface area contributed by atoms with E-state index in [-0.39, 0.29) is 0 Å². The summed E-state index contributed by atoms with van der Waals surface area (Å²) in [6, 6.07) is 8.52. The zero-order chi connectivity index (χ0) is 10.7. The standard InChI is InChI=1S/C12H18N2O/c1-14(15-2)9-10-7-11-5-3-4-6-12(11)13-8-10/h3-6,10,13H,7-9H2,1-2H3. The van der Waals surface area contributed by atoms with Crippen molar-refractivity contribution in [1.29, 1.82) is 0 Å². The first kappa shape index (κ1) is 10.5. The normalized spacial score (nSPS) is 19.8. The third-order valence-electron chi connectivity index (χ3n) is 2.93. The predicted octanol–water partition coefficient (Wildman–Crippen LogP) is 1.76. The Bertz CT molecular complexity index is 327. The molecule has 0 saturated carbocycles. The van der Waals surface area contributed by atoms with Crippen LogP contribution in [0.1, 0.15) is 5.56 Å². The second kappa shape index (κ2) is 4.64. The van der Waals surface area contributed by atoms with Gasteiger partial charge in [0.05, 0.1) is 7.11 Å². The lowest BCUT2D eigenvalue weighted by Gasteiger charge is -2.28. The maximum atomic E-state index is 5.15. The van der Waals surface area contributed by atoms with E-state index in [1.807, 2.05) is 12.1 Å². The molecule has 15 heavy (non-hydrogen) atoms. The van der Waals surface area contributed by atoms with Gasteiger partial charge in [-0.25, -0.2) is 0 Å². The fourth-order valence-electron chi connectivity index (χ4n) is 2.08. The molecule has 1 aromatic carbocycles. The highest BCUT2D eigenvalue weighted by atomic mass is 16.7. The first-order valence-electron chi connectivity index (χ1n) is 5.36. The Kier molecular flexibility index (Phi) is 3.23. The molecule has 1 heterocycles. The van der Waals surface area contributed by atoms with Gasteiger partial charge in [-0.1, -0.05) is 18.2 Å². The molecule has 0 spiro atoms. The first-order valence-corrected chi connectivity index (χ1v) is 5.36. The molecule has 1 aliphatic rings. The molecule has 0 amide bonds. The van der Waals surface area contributed by atoms with Crippen molar-refractivity contribution >= 4 is 5.69 Å². The van der Waals surface area contributed by atoms with Crippen LogP contribution in [-0.2, 0) is 11.3 Å². The number of hydrogen-bond acceptors (Lipinski definition) is 3. The Morgan fingerprint density at radius 3 is 3.07 bits per heavy atom. The van der Waals surface area contributed by atoms with E-state index in [2.05, 4.69) is 29.6 Å². The third kappa shape index (κ3) is 2.49. The molecular weight excluding hydrogens is 188 g/mol. The van der Waals surface area contributed by atoms with Gasteiger partial charge in [0.15, 0.2) is 0 Å². The summed E-state index contributed by atoms with van der Waals surface area (Å²) < 4.78 is 0. The van der Waals surface area contributed by atoms with Crippen LogP contribution in [0.2, 0.25) is 0 Å². The molecule has 1 atom stereocenters. The second-order valence-corrected chi connectivity index (χ2v) is 4.10. The van der Waals surface area contributed by atoms with Gasteiger partial charge in [0, 0.05) is 25.8 Å². The highest BCUT2D eigenvalue weighted by molar-refractivity contribution is 5.53. The molecule has 1 aromatic rings. The topological polar surface area (TPSA) is 24.5 Å². The number of anilines is 1. The Labute approximate surface area is 91.0 Å². The fourth-order valence-corrected chi connectivity index (χ4v) is 2.08. The molecule has 1 N–H and O–H groups in total. The second-order valence-electron chi connectivity index (χ2n) is 4.10. The van der Waals surface area contributed by atoms with Gasteiger partial charge >= 0.3 is 0 Å². The summed E-state index contributed by atoms with van der Waals surface area (Å²) in [5, 5.41) is 5.35. The number of fused-ring (bicyclic) bond motifs is 1. The Morgan fingerprint density at radius 1 is 1.47 bits per heavy atom. The van der Waals surface area contributed by atoms with E-state index in [4.69, 9.17) is 4.84 Å². The van der Waals surface area contributed by atoms with Gasteiger partial charge in [0.2, 0.25) is 0 Å². The molecule has 0 bridgehead atoms. The van der Waals surface area contributed by atoms with Gasteiger partial charge in [-0.05, 0) is 24.0 Å². The number of benzene rings is 1. The van der Waals surface area contributed by atoms with Crippen molar-refractivity contribution in [2.75, 3.05) is 32.6 Å². The molecule has 0 saturated heterocycles. The van der Waals surface area contributed by atoms with Gasteiger partial charge < -0.3 is 10.2 Å². The summed E-state index contributed by atoms with van der Waals surface area (Å²) in [6.07, 6.45) is 1.14. The van der Waals surface area contributed by atoms with Gasteiger partial charge in [-0.3, -0.25) is 0 Å². The number of hydroxylamine groups is 2. The smallest absolute Gasteiger partial charge is 0.0575 e. The Morgan fingerprint density at radius 2 is 2.27 bits per heavy atom. The van der Waals surface area contributed by atoms with Gasteiger partial charge in [0.1, 0.15) is 0 Å². The molecular formula is C12H18N2O. The minimum absolute atomic E-state index is 0.629. The molecule has 3 heteroatoms. The lowest BCUT2D eigenvalue weighted by atomic mass is 9.94. The van der Waals surface area contributed by atoms with Gasteiger partial charge in [-0.15, -0.1) is 0 Å². The highest BCUT2D eigenvalue weighted by Gasteiger charge is 2.18. The predicted molar refractivity (Wildman–Crippen MR) is 61.8 cm³/mol. The summed E-state index contributed by atoms with van der Waals surface area (Å²) in [7, 11) is 3.69. The first-order chi connectivity index (χ1) is 7.29. The number of nitrogens with one attached hydrogen (secondary N) is 1. The van der Waals surface area contributed by atoms with E-state index < -0.39 is 0 Å². The fraction of sp³-hybridized carbons (Fsp3) is 0.500. The summed E-state index contributed by atoms with van der Waals surface area (Å²) in [6.45, 7) is 2.00. The minimum atomic E-state index is 0.629. The van der Waals surface area contributed by atoms with Gasteiger partial charge in [-0.2, -0.15) is 5.06 Å². The van der Waals surface area contributed by atoms with E-state index in [0.717, 1.165) is 19.5 Å². The monoisotopic (exact) mass is 206 g/mol. The van der Waals surface area contributed by atoms with Crippen LogP contribution in [0.5, 0.6) is 0 Å². The minimum Gasteiger partial charge on any atom is -0.384 e. The number of nitrogens with zero attached hydrogens (tertiary/aromatic N) is 1. The van der Waals surface area contributed by atoms with Crippen LogP contribution in [0, 0.1) is 5.92 Å². The summed E-state index contributed by atoms with van der Waals surface area (Å²) in [5.41, 5.74) is 2.70. The molecule has 82 valence electrons. The van der Waals surface area contributed by atoms with Crippen molar-refractivity contribution < 1.29 is 4.84 Å². The molecule has 0 aromatic heterocycles. The van der Waals surface area contributed by atoms with Crippen molar-refractivity contribution in [3.63, 3.8) is 0 Å². The van der Waals surface area contributed by atoms with Crippen LogP contribution >= 0.6 is 0 Å². The number of hydrogen-bond donors (Lipinski definition) is 1. The van der Waals surface area contributed by atoms with Crippen molar-refractivity contribution in [3.8, 4) is 0 Å². The van der Waals surface area contributed by atoms with Crippen molar-refractivity contribution in [1.82, 2.24) is 5.06 Å². The van der Waals surface area contributed by atoms with E-state index in [1.165, 1.54) is 11.3 Å². The average molecular weight is 206 g/mol. The van der Waals surface area contributed by atoms with Crippen LogP contribution in [-0.4, -0.2) is 32.3 Å². The van der Waals surface area contributed by atoms with Crippen molar-refractivity contribution in [3.05, 3.63) is 29.8 Å². The van der Waals surface area contributed by atoms with E-state index in [0.29, 0.717) is 5.92 Å². The summed E-state index contributed by atoms with van der Waals surface area (Å²) >= 11 is 0. The Balaban J connectivity index is 1.99. The molecule has 0 aliphatic carbocycles. The molecule has 1 aliphatic heterocycles. The lowest BCUT2D eigenvalue weighted by Crippen LogP contribution is -2.33. The molecule has 1 unspecified atom stereocenters. The maximum Gasteiger partial charge on any atom is 0.0575 e. The zero-order valence-corrected chi connectivity index (χ0v) is 9.36. The van der Waals surface area contributed by atoms with Crippen LogP contribution in [0.4, 0.5) is 5.69 Å². The van der Waals surface area contributed by atoms with Crippen LogP contribution in [0.3, 0.4) is 0 Å². The molecule has 2 rings (SSSR count). The quantitative estimate of drug-likeness (QED) is 0.763. The third-order valence-corrected chi connectivity index (χ3v) is 2.93. The SMILES string of the molecule is CON(C)CC1CNc2ccccc2C1. The van der Waals surface area contributed by atoms with E-state index >= 15 is 0 Å². The largest absolute Gasteiger partial charge is 0.384 e. The van der Waals surface area contributed by atoms with E-state index in [1.54, 1.807) is 7.11 Å². The highest BCUT2D eigenvalue weighted by Crippen LogP contribution is 2.24. The Hall–Kier alpha value is -1.06. The van der Waals surface area contributed by atoms with Crippen LogP contribution < -0.4 is 5.32 Å². The zero-order valence-electron chi connectivity index (χ0n) is 9.36. The lowest BCUT2D eigenvalue weighted by molar-refractivity contribution is -0.117. The van der Waals surface area contributed by atoms with Crippen LogP contribution in [0.15, 0.2) is 24.3 Å². The molecule has 3 nitrogen and oxygen atoms in total. The average Bonchev–Trinajstić information content (AvgIpc) is 2.29. The van der Waals surface area contributed by atoms with E-state index in [9.17, 15) is 0 Å². The van der Waals surface area contributed by atoms with Crippen LogP contribution in [0.25, 0.3) is 0 Å².